The van der Waals surface area contributed by atoms with Crippen LogP contribution in [0.3, 0.4) is 0 Å². The third kappa shape index (κ3) is 2.44. The first kappa shape index (κ1) is 12.2. The molecule has 4 heteroatoms. The number of pyridine rings is 1. The van der Waals surface area contributed by atoms with E-state index in [0.717, 1.165) is 12.8 Å². The summed E-state index contributed by atoms with van der Waals surface area (Å²) in [6.07, 6.45) is 7.13. The fraction of sp³-hybridized carbons (Fsp3) is 0.571. The molecule has 0 aliphatic carbocycles. The van der Waals surface area contributed by atoms with Gasteiger partial charge >= 0.3 is 0 Å². The molecule has 0 saturated carbocycles. The molecule has 2 bridgehead atoms. The number of carbonyl (C=O) groups excluding carboxylic acids is 1. The van der Waals surface area contributed by atoms with Crippen LogP contribution in [0, 0.1) is 11.9 Å². The zero-order valence-electron chi connectivity index (χ0n) is 10.1. The van der Waals surface area contributed by atoms with Gasteiger partial charge in [0, 0.05) is 28.2 Å². The topological polar surface area (TPSA) is 30.0 Å². The Morgan fingerprint density at radius 3 is 2.61 bits per heavy atom. The van der Waals surface area contributed by atoms with E-state index < -0.39 is 5.95 Å². The highest BCUT2D eigenvalue weighted by molar-refractivity contribution is 8.00. The van der Waals surface area contributed by atoms with Crippen LogP contribution in [0.25, 0.3) is 0 Å². The van der Waals surface area contributed by atoms with Gasteiger partial charge in [0.2, 0.25) is 5.95 Å². The van der Waals surface area contributed by atoms with E-state index in [1.807, 2.05) is 0 Å². The molecule has 2 aliphatic rings. The predicted molar refractivity (Wildman–Crippen MR) is 70.3 cm³/mol. The summed E-state index contributed by atoms with van der Waals surface area (Å²) in [5, 5.41) is 1.31. The molecule has 0 aromatic carbocycles. The Morgan fingerprint density at radius 2 is 2.00 bits per heavy atom. The smallest absolute Gasteiger partial charge is 0.212 e. The van der Waals surface area contributed by atoms with Crippen LogP contribution in [0.1, 0.15) is 42.5 Å². The van der Waals surface area contributed by atoms with Gasteiger partial charge in [-0.2, -0.15) is 16.2 Å². The van der Waals surface area contributed by atoms with Crippen LogP contribution in [0.2, 0.25) is 0 Å². The van der Waals surface area contributed by atoms with Crippen LogP contribution in [0.5, 0.6) is 0 Å². The molecular formula is C14H16FNOS. The summed E-state index contributed by atoms with van der Waals surface area (Å²) in [5.41, 5.74) is 0.561. The van der Waals surface area contributed by atoms with Gasteiger partial charge in [-0.3, -0.25) is 4.79 Å². The number of nitrogens with zero attached hydrogens (tertiary/aromatic N) is 1. The third-order valence-electron chi connectivity index (χ3n) is 3.91. The minimum absolute atomic E-state index is 0.119. The van der Waals surface area contributed by atoms with E-state index in [1.54, 1.807) is 6.07 Å². The van der Waals surface area contributed by atoms with E-state index >= 15 is 0 Å². The Balaban J connectivity index is 1.74. The van der Waals surface area contributed by atoms with E-state index in [2.05, 4.69) is 16.7 Å². The van der Waals surface area contributed by atoms with Crippen LogP contribution in [-0.4, -0.2) is 21.3 Å². The van der Waals surface area contributed by atoms with E-state index in [9.17, 15) is 9.18 Å². The van der Waals surface area contributed by atoms with Crippen LogP contribution in [0.4, 0.5) is 4.39 Å². The summed E-state index contributed by atoms with van der Waals surface area (Å²) >= 11 is 2.06. The van der Waals surface area contributed by atoms with E-state index in [-0.39, 0.29) is 11.7 Å². The Morgan fingerprint density at radius 1 is 1.28 bits per heavy atom. The third-order valence-corrected chi connectivity index (χ3v) is 5.54. The second-order valence-electron chi connectivity index (χ2n) is 5.21. The minimum Gasteiger partial charge on any atom is -0.294 e. The Kier molecular flexibility index (Phi) is 3.37. The maximum absolute atomic E-state index is 12.8. The molecule has 1 aromatic heterocycles. The summed E-state index contributed by atoms with van der Waals surface area (Å²) in [6.45, 7) is 0. The molecule has 0 amide bonds. The average molecular weight is 265 g/mol. The lowest BCUT2D eigenvalue weighted by atomic mass is 9.85. The Hall–Kier alpha value is -0.900. The SMILES string of the molecule is O=C(c1ccc(F)nc1)C1CC2CCCC(C1)S2. The summed E-state index contributed by atoms with van der Waals surface area (Å²) in [5.74, 6) is -0.254. The summed E-state index contributed by atoms with van der Waals surface area (Å²) in [4.78, 5) is 15.9. The molecule has 2 atom stereocenters. The summed E-state index contributed by atoms with van der Waals surface area (Å²) < 4.78 is 12.8. The van der Waals surface area contributed by atoms with Crippen LogP contribution < -0.4 is 0 Å². The monoisotopic (exact) mass is 265 g/mol. The van der Waals surface area contributed by atoms with Gasteiger partial charge in [0.1, 0.15) is 0 Å². The number of aromatic nitrogens is 1. The highest BCUT2D eigenvalue weighted by atomic mass is 32.2. The molecule has 3 heterocycles. The maximum atomic E-state index is 12.8. The van der Waals surface area contributed by atoms with Crippen LogP contribution >= 0.6 is 11.8 Å². The standard InChI is InChI=1S/C14H16FNOS/c15-13-5-4-9(8-16-13)14(17)10-6-11-2-1-3-12(7-10)18-11/h4-5,8,10-12H,1-3,6-7H2. The van der Waals surface area contributed by atoms with Gasteiger partial charge in [-0.25, -0.2) is 4.98 Å². The van der Waals surface area contributed by atoms with Gasteiger partial charge in [0.25, 0.3) is 0 Å². The lowest BCUT2D eigenvalue weighted by Gasteiger charge is -2.37. The fourth-order valence-electron chi connectivity index (χ4n) is 3.03. The molecule has 0 radical (unpaired) electrons. The zero-order valence-corrected chi connectivity index (χ0v) is 11.0. The molecule has 96 valence electrons. The molecule has 2 aliphatic heterocycles. The van der Waals surface area contributed by atoms with Crippen molar-refractivity contribution in [1.82, 2.24) is 4.98 Å². The predicted octanol–water partition coefficient (Wildman–Crippen LogP) is 3.47. The first-order valence-corrected chi connectivity index (χ1v) is 7.48. The second-order valence-corrected chi connectivity index (χ2v) is 6.82. The number of ketones is 1. The molecule has 0 N–H and O–H groups in total. The van der Waals surface area contributed by atoms with Crippen molar-refractivity contribution in [3.63, 3.8) is 0 Å². The molecule has 2 nitrogen and oxygen atoms in total. The van der Waals surface area contributed by atoms with Crippen LogP contribution in [-0.2, 0) is 0 Å². The first-order valence-electron chi connectivity index (χ1n) is 6.53. The molecule has 1 aromatic rings. The van der Waals surface area contributed by atoms with E-state index in [4.69, 9.17) is 0 Å². The quantitative estimate of drug-likeness (QED) is 0.606. The lowest BCUT2D eigenvalue weighted by molar-refractivity contribution is 0.0896. The molecule has 18 heavy (non-hydrogen) atoms. The first-order chi connectivity index (χ1) is 8.72. The van der Waals surface area contributed by atoms with Crippen molar-refractivity contribution in [2.45, 2.75) is 42.6 Å². The largest absolute Gasteiger partial charge is 0.294 e. The summed E-state index contributed by atoms with van der Waals surface area (Å²) in [7, 11) is 0. The van der Waals surface area contributed by atoms with Crippen molar-refractivity contribution in [3.8, 4) is 0 Å². The van der Waals surface area contributed by atoms with Gasteiger partial charge in [0.15, 0.2) is 5.78 Å². The van der Waals surface area contributed by atoms with Crippen molar-refractivity contribution in [2.24, 2.45) is 5.92 Å². The summed E-state index contributed by atoms with van der Waals surface area (Å²) in [6, 6.07) is 2.83. The van der Waals surface area contributed by atoms with Crippen molar-refractivity contribution in [1.29, 1.82) is 0 Å². The van der Waals surface area contributed by atoms with Crippen molar-refractivity contribution in [3.05, 3.63) is 29.8 Å². The molecule has 2 saturated heterocycles. The van der Waals surface area contributed by atoms with Gasteiger partial charge < -0.3 is 0 Å². The highest BCUT2D eigenvalue weighted by Crippen LogP contribution is 2.44. The van der Waals surface area contributed by atoms with Gasteiger partial charge in [-0.05, 0) is 37.8 Å². The number of fused-ring (bicyclic) bond motifs is 2. The van der Waals surface area contributed by atoms with E-state index in [1.165, 1.54) is 31.5 Å². The molecule has 2 fully saturated rings. The normalized spacial score (nSPS) is 31.1. The number of thioether (sulfide) groups is 1. The number of rotatable bonds is 2. The van der Waals surface area contributed by atoms with Crippen molar-refractivity contribution >= 4 is 17.5 Å². The Bertz CT molecular complexity index is 436. The number of halogens is 1. The molecule has 0 spiro atoms. The Labute approximate surface area is 110 Å². The average Bonchev–Trinajstić information content (AvgIpc) is 2.38. The van der Waals surface area contributed by atoms with Gasteiger partial charge in [0.05, 0.1) is 0 Å². The molecular weight excluding hydrogens is 249 g/mol. The maximum Gasteiger partial charge on any atom is 0.212 e. The number of hydrogen-bond acceptors (Lipinski definition) is 3. The zero-order chi connectivity index (χ0) is 12.5. The van der Waals surface area contributed by atoms with Crippen molar-refractivity contribution in [2.75, 3.05) is 0 Å². The van der Waals surface area contributed by atoms with Gasteiger partial charge in [-0.1, -0.05) is 6.42 Å². The molecule has 2 unspecified atom stereocenters. The lowest BCUT2D eigenvalue weighted by Crippen LogP contribution is -2.32. The van der Waals surface area contributed by atoms with E-state index in [0.29, 0.717) is 16.1 Å². The number of carbonyl (C=O) groups is 1. The fourth-order valence-corrected chi connectivity index (χ4v) is 4.87. The number of hydrogen-bond donors (Lipinski definition) is 0. The van der Waals surface area contributed by atoms with Crippen LogP contribution in [0.15, 0.2) is 18.3 Å². The molecule has 3 rings (SSSR count). The second kappa shape index (κ2) is 5.00. The van der Waals surface area contributed by atoms with Crippen molar-refractivity contribution < 1.29 is 9.18 Å². The highest BCUT2D eigenvalue weighted by Gasteiger charge is 2.35. The number of Topliss-reactive ketones (excluding diaryl/α,β-unsaturated/α-hetero) is 1. The van der Waals surface area contributed by atoms with Gasteiger partial charge in [-0.15, -0.1) is 0 Å². The minimum atomic E-state index is -0.525.